The lowest BCUT2D eigenvalue weighted by Gasteiger charge is -2.25. The SMILES string of the molecule is Cc1ccc(NC(=O)C2CC(=O)Nc3cc(F)ccc32)cc1F. The van der Waals surface area contributed by atoms with Crippen molar-refractivity contribution in [3.8, 4) is 0 Å². The first-order chi connectivity index (χ1) is 10.9. The van der Waals surface area contributed by atoms with Gasteiger partial charge in [0.05, 0.1) is 5.92 Å². The number of aryl methyl sites for hydroxylation is 1. The van der Waals surface area contributed by atoms with Crippen LogP contribution in [0.4, 0.5) is 20.2 Å². The van der Waals surface area contributed by atoms with Crippen molar-refractivity contribution in [2.75, 3.05) is 10.6 Å². The van der Waals surface area contributed by atoms with Crippen LogP contribution in [0.15, 0.2) is 36.4 Å². The molecule has 2 aromatic rings. The van der Waals surface area contributed by atoms with Gasteiger partial charge in [-0.3, -0.25) is 9.59 Å². The number of carbonyl (C=O) groups excluding carboxylic acids is 2. The van der Waals surface area contributed by atoms with Gasteiger partial charge in [0.25, 0.3) is 0 Å². The Balaban J connectivity index is 1.87. The van der Waals surface area contributed by atoms with Crippen molar-refractivity contribution in [3.63, 3.8) is 0 Å². The molecule has 1 atom stereocenters. The minimum atomic E-state index is -0.747. The van der Waals surface area contributed by atoms with E-state index in [0.29, 0.717) is 16.8 Å². The van der Waals surface area contributed by atoms with Gasteiger partial charge >= 0.3 is 0 Å². The molecule has 0 fully saturated rings. The van der Waals surface area contributed by atoms with Crippen LogP contribution < -0.4 is 10.6 Å². The summed E-state index contributed by atoms with van der Waals surface area (Å²) in [6.07, 6.45) is -0.0428. The quantitative estimate of drug-likeness (QED) is 0.893. The molecule has 23 heavy (non-hydrogen) atoms. The maximum Gasteiger partial charge on any atom is 0.232 e. The molecule has 2 aromatic carbocycles. The monoisotopic (exact) mass is 316 g/mol. The van der Waals surface area contributed by atoms with Crippen molar-refractivity contribution < 1.29 is 18.4 Å². The first-order valence-electron chi connectivity index (χ1n) is 7.10. The van der Waals surface area contributed by atoms with Crippen molar-refractivity contribution in [1.82, 2.24) is 0 Å². The summed E-state index contributed by atoms with van der Waals surface area (Å²) in [6, 6.07) is 8.26. The van der Waals surface area contributed by atoms with Crippen LogP contribution in [0.1, 0.15) is 23.5 Å². The summed E-state index contributed by atoms with van der Waals surface area (Å²) in [5.74, 6) is -2.46. The summed E-state index contributed by atoms with van der Waals surface area (Å²) in [4.78, 5) is 24.2. The molecule has 1 heterocycles. The molecule has 2 N–H and O–H groups in total. The lowest BCUT2D eigenvalue weighted by Crippen LogP contribution is -2.30. The Morgan fingerprint density at radius 1 is 1.22 bits per heavy atom. The van der Waals surface area contributed by atoms with Gasteiger partial charge < -0.3 is 10.6 Å². The van der Waals surface area contributed by atoms with E-state index in [1.807, 2.05) is 0 Å². The van der Waals surface area contributed by atoms with Gasteiger partial charge in [-0.1, -0.05) is 12.1 Å². The van der Waals surface area contributed by atoms with Gasteiger partial charge in [0.2, 0.25) is 11.8 Å². The fourth-order valence-electron chi connectivity index (χ4n) is 2.57. The number of benzene rings is 2. The summed E-state index contributed by atoms with van der Waals surface area (Å²) in [5, 5.41) is 5.15. The fourth-order valence-corrected chi connectivity index (χ4v) is 2.57. The van der Waals surface area contributed by atoms with Crippen LogP contribution in [0.25, 0.3) is 0 Å². The maximum absolute atomic E-state index is 13.6. The molecule has 0 aromatic heterocycles. The molecule has 0 saturated heterocycles. The van der Waals surface area contributed by atoms with Crippen molar-refractivity contribution >= 4 is 23.2 Å². The zero-order valence-electron chi connectivity index (χ0n) is 12.3. The number of halogens is 2. The molecule has 1 aliphatic rings. The predicted octanol–water partition coefficient (Wildman–Crippen LogP) is 3.34. The zero-order valence-corrected chi connectivity index (χ0v) is 12.3. The Bertz CT molecular complexity index is 805. The molecule has 118 valence electrons. The average molecular weight is 316 g/mol. The van der Waals surface area contributed by atoms with Crippen LogP contribution in [0.3, 0.4) is 0 Å². The number of amides is 2. The Labute approximate surface area is 131 Å². The van der Waals surface area contributed by atoms with Crippen LogP contribution in [0.5, 0.6) is 0 Å². The van der Waals surface area contributed by atoms with E-state index in [-0.39, 0.29) is 18.0 Å². The fraction of sp³-hybridized carbons (Fsp3) is 0.176. The van der Waals surface area contributed by atoms with Crippen molar-refractivity contribution in [2.45, 2.75) is 19.3 Å². The molecule has 3 rings (SSSR count). The third-order valence-electron chi connectivity index (χ3n) is 3.81. The number of rotatable bonds is 2. The minimum Gasteiger partial charge on any atom is -0.326 e. The Hall–Kier alpha value is -2.76. The topological polar surface area (TPSA) is 58.2 Å². The highest BCUT2D eigenvalue weighted by Crippen LogP contribution is 2.33. The highest BCUT2D eigenvalue weighted by Gasteiger charge is 2.31. The van der Waals surface area contributed by atoms with Crippen LogP contribution >= 0.6 is 0 Å². The number of anilines is 2. The van der Waals surface area contributed by atoms with Gasteiger partial charge in [-0.2, -0.15) is 0 Å². The molecular weight excluding hydrogens is 302 g/mol. The van der Waals surface area contributed by atoms with Crippen LogP contribution in [-0.4, -0.2) is 11.8 Å². The van der Waals surface area contributed by atoms with E-state index in [9.17, 15) is 18.4 Å². The summed E-state index contributed by atoms with van der Waals surface area (Å²) >= 11 is 0. The van der Waals surface area contributed by atoms with E-state index in [0.717, 1.165) is 0 Å². The zero-order chi connectivity index (χ0) is 16.6. The van der Waals surface area contributed by atoms with Crippen LogP contribution in [0.2, 0.25) is 0 Å². The molecule has 0 radical (unpaired) electrons. The van der Waals surface area contributed by atoms with Crippen molar-refractivity contribution in [3.05, 3.63) is 59.2 Å². The van der Waals surface area contributed by atoms with Gasteiger partial charge in [0.15, 0.2) is 0 Å². The number of fused-ring (bicyclic) bond motifs is 1. The maximum atomic E-state index is 13.6. The largest absolute Gasteiger partial charge is 0.326 e. The molecule has 1 unspecified atom stereocenters. The molecule has 2 amide bonds. The van der Waals surface area contributed by atoms with E-state index in [1.165, 1.54) is 24.3 Å². The summed E-state index contributed by atoms with van der Waals surface area (Å²) in [7, 11) is 0. The van der Waals surface area contributed by atoms with Crippen LogP contribution in [0, 0.1) is 18.6 Å². The predicted molar refractivity (Wildman–Crippen MR) is 82.2 cm³/mol. The van der Waals surface area contributed by atoms with Crippen molar-refractivity contribution in [2.24, 2.45) is 0 Å². The lowest BCUT2D eigenvalue weighted by molar-refractivity contribution is -0.123. The highest BCUT2D eigenvalue weighted by atomic mass is 19.1. The van der Waals surface area contributed by atoms with E-state index in [2.05, 4.69) is 10.6 Å². The second-order valence-electron chi connectivity index (χ2n) is 5.49. The second kappa shape index (κ2) is 5.79. The molecule has 0 bridgehead atoms. The molecule has 1 aliphatic heterocycles. The van der Waals surface area contributed by atoms with Crippen molar-refractivity contribution in [1.29, 1.82) is 0 Å². The summed E-state index contributed by atoms with van der Waals surface area (Å²) < 4.78 is 26.8. The lowest BCUT2D eigenvalue weighted by atomic mass is 9.89. The van der Waals surface area contributed by atoms with E-state index in [1.54, 1.807) is 19.1 Å². The first-order valence-corrected chi connectivity index (χ1v) is 7.10. The Morgan fingerprint density at radius 2 is 2.00 bits per heavy atom. The standard InChI is InChI=1S/C17H14F2N2O2/c1-9-2-4-11(7-14(9)19)20-17(23)13-8-16(22)21-15-6-10(18)3-5-12(13)15/h2-7,13H,8H2,1H3,(H,20,23)(H,21,22). The van der Waals surface area contributed by atoms with E-state index in [4.69, 9.17) is 0 Å². The van der Waals surface area contributed by atoms with Gasteiger partial charge in [-0.25, -0.2) is 8.78 Å². The normalized spacial score (nSPS) is 16.5. The number of hydrogen-bond donors (Lipinski definition) is 2. The number of nitrogens with one attached hydrogen (secondary N) is 2. The third-order valence-corrected chi connectivity index (χ3v) is 3.81. The summed E-state index contributed by atoms with van der Waals surface area (Å²) in [6.45, 7) is 1.62. The minimum absolute atomic E-state index is 0.0428. The Kier molecular flexibility index (Phi) is 3.82. The van der Waals surface area contributed by atoms with E-state index >= 15 is 0 Å². The third kappa shape index (κ3) is 3.06. The molecule has 0 spiro atoms. The Morgan fingerprint density at radius 3 is 2.74 bits per heavy atom. The molecular formula is C17H14F2N2O2. The average Bonchev–Trinajstić information content (AvgIpc) is 2.49. The molecule has 0 saturated carbocycles. The smallest absolute Gasteiger partial charge is 0.232 e. The van der Waals surface area contributed by atoms with Gasteiger partial charge in [-0.05, 0) is 42.3 Å². The molecule has 4 nitrogen and oxygen atoms in total. The van der Waals surface area contributed by atoms with Gasteiger partial charge in [-0.15, -0.1) is 0 Å². The van der Waals surface area contributed by atoms with E-state index < -0.39 is 23.5 Å². The molecule has 0 aliphatic carbocycles. The first kappa shape index (κ1) is 15.1. The van der Waals surface area contributed by atoms with Gasteiger partial charge in [0, 0.05) is 17.8 Å². The molecule has 6 heteroatoms. The number of carbonyl (C=O) groups is 2. The highest BCUT2D eigenvalue weighted by molar-refractivity contribution is 6.05. The van der Waals surface area contributed by atoms with Gasteiger partial charge in [0.1, 0.15) is 11.6 Å². The summed E-state index contributed by atoms with van der Waals surface area (Å²) in [5.41, 5.74) is 1.61. The van der Waals surface area contributed by atoms with Crippen LogP contribution in [-0.2, 0) is 9.59 Å². The number of hydrogen-bond acceptors (Lipinski definition) is 2. The second-order valence-corrected chi connectivity index (χ2v) is 5.49.